The lowest BCUT2D eigenvalue weighted by atomic mass is 10.1. The molecule has 0 radical (unpaired) electrons. The van der Waals surface area contributed by atoms with Crippen LogP contribution in [0, 0.1) is 5.82 Å². The molecule has 25 heavy (non-hydrogen) atoms. The van der Waals surface area contributed by atoms with Crippen molar-refractivity contribution in [2.75, 3.05) is 21.9 Å². The molecule has 1 fully saturated rings. The van der Waals surface area contributed by atoms with Crippen LogP contribution in [0.4, 0.5) is 15.8 Å². The molecule has 6 nitrogen and oxygen atoms in total. The molecule has 0 aliphatic carbocycles. The molecule has 0 atom stereocenters. The summed E-state index contributed by atoms with van der Waals surface area (Å²) in [5.74, 6) is -0.863. The predicted octanol–water partition coefficient (Wildman–Crippen LogP) is 2.25. The van der Waals surface area contributed by atoms with Crippen LogP contribution in [0.5, 0.6) is 5.75 Å². The van der Waals surface area contributed by atoms with E-state index in [1.54, 1.807) is 0 Å². The number of hydrogen-bond donors (Lipinski definition) is 2. The topological polar surface area (TPSA) is 86.7 Å². The second-order valence-corrected chi connectivity index (χ2v) is 7.81. The second-order valence-electron chi connectivity index (χ2n) is 5.79. The maximum Gasteiger partial charge on any atom is 0.235 e. The number of nitrogens with one attached hydrogen (secondary N) is 1. The quantitative estimate of drug-likeness (QED) is 0.815. The lowest BCUT2D eigenvalue weighted by Crippen LogP contribution is -2.25. The highest BCUT2D eigenvalue weighted by Crippen LogP contribution is 2.32. The Hall–Kier alpha value is -2.61. The molecule has 0 aromatic heterocycles. The third-order valence-corrected chi connectivity index (χ3v) is 5.79. The molecule has 0 saturated carbocycles. The minimum absolute atomic E-state index is 0.00591. The summed E-state index contributed by atoms with van der Waals surface area (Å²) >= 11 is 0. The fourth-order valence-electron chi connectivity index (χ4n) is 2.69. The minimum atomic E-state index is -3.35. The number of phenolic OH excluding ortho intramolecular Hbond substituents is 1. The van der Waals surface area contributed by atoms with Crippen LogP contribution in [0.3, 0.4) is 0 Å². The molecule has 1 aliphatic heterocycles. The van der Waals surface area contributed by atoms with Gasteiger partial charge in [-0.2, -0.15) is 0 Å². The second kappa shape index (κ2) is 6.72. The van der Waals surface area contributed by atoms with Crippen molar-refractivity contribution in [3.63, 3.8) is 0 Å². The van der Waals surface area contributed by atoms with Gasteiger partial charge in [-0.25, -0.2) is 12.8 Å². The zero-order chi connectivity index (χ0) is 18.0. The monoisotopic (exact) mass is 364 g/mol. The Labute approximate surface area is 144 Å². The Balaban J connectivity index is 1.76. The largest absolute Gasteiger partial charge is 0.506 e. The van der Waals surface area contributed by atoms with Gasteiger partial charge in [0, 0.05) is 6.54 Å². The van der Waals surface area contributed by atoms with Crippen molar-refractivity contribution >= 4 is 27.3 Å². The molecule has 0 unspecified atom stereocenters. The first-order valence-electron chi connectivity index (χ1n) is 7.73. The maximum absolute atomic E-state index is 12.9. The van der Waals surface area contributed by atoms with Gasteiger partial charge in [0.1, 0.15) is 11.6 Å². The van der Waals surface area contributed by atoms with Gasteiger partial charge in [-0.15, -0.1) is 0 Å². The summed E-state index contributed by atoms with van der Waals surface area (Å²) < 4.78 is 38.1. The molecule has 1 amide bonds. The van der Waals surface area contributed by atoms with E-state index < -0.39 is 15.9 Å². The number of nitrogens with zero attached hydrogens (tertiary/aromatic N) is 1. The summed E-state index contributed by atoms with van der Waals surface area (Å²) in [6, 6.07) is 9.80. The normalized spacial score (nSPS) is 16.0. The summed E-state index contributed by atoms with van der Waals surface area (Å²) in [5.41, 5.74) is 1.15. The van der Waals surface area contributed by atoms with Crippen LogP contribution >= 0.6 is 0 Å². The molecule has 0 bridgehead atoms. The van der Waals surface area contributed by atoms with Crippen molar-refractivity contribution in [3.05, 3.63) is 53.8 Å². The lowest BCUT2D eigenvalue weighted by molar-refractivity contribution is -0.115. The molecular weight excluding hydrogens is 347 g/mol. The summed E-state index contributed by atoms with van der Waals surface area (Å²) in [6.45, 7) is 0.371. The van der Waals surface area contributed by atoms with Gasteiger partial charge >= 0.3 is 0 Å². The van der Waals surface area contributed by atoms with Gasteiger partial charge in [0.25, 0.3) is 0 Å². The number of hydrogen-bond acceptors (Lipinski definition) is 4. The van der Waals surface area contributed by atoms with Gasteiger partial charge in [-0.05, 0) is 42.3 Å². The van der Waals surface area contributed by atoms with E-state index in [4.69, 9.17) is 0 Å². The SMILES string of the molecule is O=C(Cc1ccc(F)cc1)Nc1cc(N2CCCS2(=O)=O)ccc1O. The van der Waals surface area contributed by atoms with E-state index >= 15 is 0 Å². The van der Waals surface area contributed by atoms with Crippen molar-refractivity contribution < 1.29 is 22.7 Å². The first kappa shape index (κ1) is 17.2. The number of anilines is 2. The van der Waals surface area contributed by atoms with Crippen molar-refractivity contribution in [2.45, 2.75) is 12.8 Å². The molecule has 0 spiro atoms. The molecule has 1 aliphatic rings. The minimum Gasteiger partial charge on any atom is -0.506 e. The van der Waals surface area contributed by atoms with Crippen molar-refractivity contribution in [2.24, 2.45) is 0 Å². The number of phenols is 1. The number of amides is 1. The van der Waals surface area contributed by atoms with E-state index in [-0.39, 0.29) is 29.4 Å². The first-order valence-corrected chi connectivity index (χ1v) is 9.34. The maximum atomic E-state index is 12.9. The molecule has 2 N–H and O–H groups in total. The Morgan fingerprint density at radius 1 is 1.20 bits per heavy atom. The van der Waals surface area contributed by atoms with Crippen LogP contribution in [0.2, 0.25) is 0 Å². The molecule has 1 heterocycles. The van der Waals surface area contributed by atoms with Crippen LogP contribution < -0.4 is 9.62 Å². The average Bonchev–Trinajstić information content (AvgIpc) is 2.91. The van der Waals surface area contributed by atoms with Crippen molar-refractivity contribution in [1.29, 1.82) is 0 Å². The number of carbonyl (C=O) groups is 1. The zero-order valence-corrected chi connectivity index (χ0v) is 14.1. The van der Waals surface area contributed by atoms with E-state index in [2.05, 4.69) is 5.32 Å². The Bertz CT molecular complexity index is 897. The summed E-state index contributed by atoms with van der Waals surface area (Å²) in [7, 11) is -3.35. The van der Waals surface area contributed by atoms with Crippen molar-refractivity contribution in [1.82, 2.24) is 0 Å². The predicted molar refractivity (Wildman–Crippen MR) is 92.6 cm³/mol. The van der Waals surface area contributed by atoms with Gasteiger partial charge in [-0.3, -0.25) is 9.10 Å². The summed E-state index contributed by atoms with van der Waals surface area (Å²) in [4.78, 5) is 12.1. The third-order valence-electron chi connectivity index (χ3n) is 3.92. The van der Waals surface area contributed by atoms with Crippen molar-refractivity contribution in [3.8, 4) is 5.75 Å². The number of rotatable bonds is 4. The summed E-state index contributed by atoms with van der Waals surface area (Å²) in [5, 5.41) is 12.5. The van der Waals surface area contributed by atoms with E-state index in [0.717, 1.165) is 0 Å². The van der Waals surface area contributed by atoms with Crippen LogP contribution in [0.15, 0.2) is 42.5 Å². The number of sulfonamides is 1. The average molecular weight is 364 g/mol. The van der Waals surface area contributed by atoms with Crippen LogP contribution in [-0.2, 0) is 21.2 Å². The van der Waals surface area contributed by atoms with E-state index in [1.807, 2.05) is 0 Å². The number of aromatic hydroxyl groups is 1. The van der Waals surface area contributed by atoms with Crippen LogP contribution in [0.1, 0.15) is 12.0 Å². The van der Waals surface area contributed by atoms with Crippen LogP contribution in [-0.4, -0.2) is 31.7 Å². The molecule has 2 aromatic carbocycles. The highest BCUT2D eigenvalue weighted by molar-refractivity contribution is 7.93. The molecule has 1 saturated heterocycles. The number of halogens is 1. The smallest absolute Gasteiger partial charge is 0.235 e. The lowest BCUT2D eigenvalue weighted by Gasteiger charge is -2.18. The Morgan fingerprint density at radius 2 is 1.92 bits per heavy atom. The molecular formula is C17H17FN2O4S. The van der Waals surface area contributed by atoms with Gasteiger partial charge in [0.15, 0.2) is 0 Å². The molecule has 2 aromatic rings. The molecule has 132 valence electrons. The molecule has 8 heteroatoms. The fourth-order valence-corrected chi connectivity index (χ4v) is 4.25. The highest BCUT2D eigenvalue weighted by Gasteiger charge is 2.28. The highest BCUT2D eigenvalue weighted by atomic mass is 32.2. The summed E-state index contributed by atoms with van der Waals surface area (Å²) in [6.07, 6.45) is 0.543. The standard InChI is InChI=1S/C17H17FN2O4S/c18-13-4-2-12(3-5-13)10-17(22)19-15-11-14(6-7-16(15)21)20-8-1-9-25(20,23)24/h2-7,11,21H,1,8-10H2,(H,19,22). The zero-order valence-electron chi connectivity index (χ0n) is 13.3. The number of carbonyl (C=O) groups excluding carboxylic acids is 1. The van der Waals surface area contributed by atoms with Gasteiger partial charge < -0.3 is 10.4 Å². The molecule has 3 rings (SSSR count). The Morgan fingerprint density at radius 3 is 2.56 bits per heavy atom. The van der Waals surface area contributed by atoms with E-state index in [9.17, 15) is 22.7 Å². The van der Waals surface area contributed by atoms with Crippen LogP contribution in [0.25, 0.3) is 0 Å². The van der Waals surface area contributed by atoms with E-state index in [1.165, 1.54) is 46.8 Å². The fraction of sp³-hybridized carbons (Fsp3) is 0.235. The van der Waals surface area contributed by atoms with E-state index in [0.29, 0.717) is 24.2 Å². The third kappa shape index (κ3) is 3.90. The first-order chi connectivity index (χ1) is 11.8. The van der Waals surface area contributed by atoms with Gasteiger partial charge in [0.05, 0.1) is 23.5 Å². The number of benzene rings is 2. The van der Waals surface area contributed by atoms with Gasteiger partial charge in [0.2, 0.25) is 15.9 Å². The van der Waals surface area contributed by atoms with Gasteiger partial charge in [-0.1, -0.05) is 12.1 Å². The Kier molecular flexibility index (Phi) is 4.63.